The fourth-order valence-corrected chi connectivity index (χ4v) is 2.96. The van der Waals surface area contributed by atoms with Crippen LogP contribution < -0.4 is 10.6 Å². The molecule has 0 radical (unpaired) electrons. The van der Waals surface area contributed by atoms with Gasteiger partial charge in [0.2, 0.25) is 0 Å². The zero-order valence-electron chi connectivity index (χ0n) is 13.3. The molecule has 0 bridgehead atoms. The molecule has 2 N–H and O–H groups in total. The minimum atomic E-state index is -0.455. The van der Waals surface area contributed by atoms with Gasteiger partial charge in [-0.15, -0.1) is 0 Å². The molecule has 1 fully saturated rings. The second-order valence-corrected chi connectivity index (χ2v) is 7.74. The highest BCUT2D eigenvalue weighted by Crippen LogP contribution is 2.42. The predicted octanol–water partition coefficient (Wildman–Crippen LogP) is 2.84. The molecule has 114 valence electrons. The molecule has 3 atom stereocenters. The van der Waals surface area contributed by atoms with Gasteiger partial charge in [0.25, 0.3) is 0 Å². The van der Waals surface area contributed by atoms with Gasteiger partial charge in [-0.05, 0) is 59.3 Å². The van der Waals surface area contributed by atoms with E-state index in [2.05, 4.69) is 22.8 Å². The summed E-state index contributed by atoms with van der Waals surface area (Å²) in [5.41, 5.74) is -0.765. The molecule has 0 saturated heterocycles. The largest absolute Gasteiger partial charge is 0.444 e. The van der Waals surface area contributed by atoms with E-state index in [-0.39, 0.29) is 11.6 Å². The van der Waals surface area contributed by atoms with Gasteiger partial charge in [-0.1, -0.05) is 12.2 Å². The number of ether oxygens (including phenoxy) is 1. The monoisotopic (exact) mass is 280 g/mol. The number of rotatable bonds is 4. The lowest BCUT2D eigenvalue weighted by atomic mass is 9.71. The first kappa shape index (κ1) is 15.4. The van der Waals surface area contributed by atoms with Crippen molar-refractivity contribution in [1.82, 2.24) is 10.6 Å². The minimum absolute atomic E-state index is 0.310. The summed E-state index contributed by atoms with van der Waals surface area (Å²) in [5.74, 6) is 1.56. The van der Waals surface area contributed by atoms with Crippen molar-refractivity contribution in [2.75, 3.05) is 6.54 Å². The van der Waals surface area contributed by atoms with Crippen LogP contribution in [0.25, 0.3) is 0 Å². The summed E-state index contributed by atoms with van der Waals surface area (Å²) >= 11 is 0. The van der Waals surface area contributed by atoms with Crippen molar-refractivity contribution in [1.29, 1.82) is 0 Å². The number of nitrogens with one attached hydrogen (secondary N) is 2. The van der Waals surface area contributed by atoms with Crippen LogP contribution >= 0.6 is 0 Å². The molecule has 0 aromatic heterocycles. The number of hydrogen-bond donors (Lipinski definition) is 2. The topological polar surface area (TPSA) is 50.4 Å². The molecular formula is C16H28N2O2. The smallest absolute Gasteiger partial charge is 0.408 e. The zero-order valence-corrected chi connectivity index (χ0v) is 13.3. The quantitative estimate of drug-likeness (QED) is 0.779. The number of allylic oxidation sites excluding steroid dienone is 1. The summed E-state index contributed by atoms with van der Waals surface area (Å²) in [6.07, 6.45) is 6.76. The van der Waals surface area contributed by atoms with Gasteiger partial charge in [0.05, 0.1) is 5.54 Å². The van der Waals surface area contributed by atoms with Gasteiger partial charge in [0, 0.05) is 12.6 Å². The Bertz CT molecular complexity index is 396. The summed E-state index contributed by atoms with van der Waals surface area (Å²) in [5, 5.41) is 6.51. The van der Waals surface area contributed by atoms with E-state index in [0.717, 1.165) is 12.5 Å². The summed E-state index contributed by atoms with van der Waals surface area (Å²) in [7, 11) is 0. The number of alkyl carbamates (subject to hydrolysis) is 1. The predicted molar refractivity (Wildman–Crippen MR) is 80.6 cm³/mol. The molecule has 2 aliphatic carbocycles. The molecule has 2 aliphatic rings. The third kappa shape index (κ3) is 3.98. The van der Waals surface area contributed by atoms with Crippen molar-refractivity contribution in [2.24, 2.45) is 11.8 Å². The van der Waals surface area contributed by atoms with Crippen molar-refractivity contribution >= 4 is 6.09 Å². The number of carbonyl (C=O) groups excluding carboxylic acids is 1. The van der Waals surface area contributed by atoms with Crippen LogP contribution in [0.3, 0.4) is 0 Å². The molecule has 4 heteroatoms. The van der Waals surface area contributed by atoms with Crippen molar-refractivity contribution < 1.29 is 9.53 Å². The Morgan fingerprint density at radius 2 is 2.00 bits per heavy atom. The standard InChI is InChI=1S/C16H28N2O2/c1-15(2,3)20-14(19)18-16(4,5)10-17-13-9-11-7-6-8-12(11)13/h6,8,11-13,17H,7,9-10H2,1-5H3,(H,18,19). The van der Waals surface area contributed by atoms with Crippen LogP contribution in [0, 0.1) is 11.8 Å². The fraction of sp³-hybridized carbons (Fsp3) is 0.812. The van der Waals surface area contributed by atoms with E-state index in [1.165, 1.54) is 12.8 Å². The molecule has 1 amide bonds. The van der Waals surface area contributed by atoms with Gasteiger partial charge >= 0.3 is 6.09 Å². The van der Waals surface area contributed by atoms with Crippen molar-refractivity contribution in [2.45, 2.75) is 64.6 Å². The Morgan fingerprint density at radius 1 is 1.30 bits per heavy atom. The van der Waals surface area contributed by atoms with Crippen LogP contribution in [0.2, 0.25) is 0 Å². The Balaban J connectivity index is 1.73. The number of carbonyl (C=O) groups is 1. The van der Waals surface area contributed by atoms with Gasteiger partial charge < -0.3 is 15.4 Å². The maximum Gasteiger partial charge on any atom is 0.408 e. The van der Waals surface area contributed by atoms with E-state index in [1.54, 1.807) is 0 Å². The van der Waals surface area contributed by atoms with Crippen LogP contribution in [0.4, 0.5) is 4.79 Å². The van der Waals surface area contributed by atoms with Gasteiger partial charge in [0.15, 0.2) is 0 Å². The SMILES string of the molecule is CC(C)(CNC1CC2CC=CC21)NC(=O)OC(C)(C)C. The lowest BCUT2D eigenvalue weighted by Crippen LogP contribution is -2.57. The van der Waals surface area contributed by atoms with E-state index in [1.807, 2.05) is 34.6 Å². The first-order chi connectivity index (χ1) is 9.16. The van der Waals surface area contributed by atoms with Crippen LogP contribution in [0.1, 0.15) is 47.5 Å². The Kier molecular flexibility index (Phi) is 4.14. The van der Waals surface area contributed by atoms with Gasteiger partial charge in [-0.3, -0.25) is 0 Å². The lowest BCUT2D eigenvalue weighted by molar-refractivity contribution is 0.0463. The Labute approximate surface area is 122 Å². The Morgan fingerprint density at radius 3 is 2.60 bits per heavy atom. The number of amides is 1. The lowest BCUT2D eigenvalue weighted by Gasteiger charge is -2.42. The van der Waals surface area contributed by atoms with E-state index in [4.69, 9.17) is 4.74 Å². The minimum Gasteiger partial charge on any atom is -0.444 e. The van der Waals surface area contributed by atoms with E-state index < -0.39 is 5.60 Å². The molecule has 0 aromatic carbocycles. The van der Waals surface area contributed by atoms with E-state index in [9.17, 15) is 4.79 Å². The number of fused-ring (bicyclic) bond motifs is 1. The summed E-state index contributed by atoms with van der Waals surface area (Å²) in [6.45, 7) is 10.4. The Hall–Kier alpha value is -1.03. The highest BCUT2D eigenvalue weighted by molar-refractivity contribution is 5.68. The average molecular weight is 280 g/mol. The average Bonchev–Trinajstić information content (AvgIpc) is 2.56. The first-order valence-corrected chi connectivity index (χ1v) is 7.57. The van der Waals surface area contributed by atoms with Crippen LogP contribution in [0.15, 0.2) is 12.2 Å². The molecule has 20 heavy (non-hydrogen) atoms. The molecule has 2 rings (SSSR count). The normalized spacial score (nSPS) is 28.8. The van der Waals surface area contributed by atoms with Crippen LogP contribution in [-0.2, 0) is 4.74 Å². The third-order valence-corrected chi connectivity index (χ3v) is 4.01. The van der Waals surface area contributed by atoms with Gasteiger partial charge in [0.1, 0.15) is 5.60 Å². The molecule has 4 nitrogen and oxygen atoms in total. The molecule has 0 aromatic rings. The summed E-state index contributed by atoms with van der Waals surface area (Å²) < 4.78 is 5.30. The van der Waals surface area contributed by atoms with Crippen molar-refractivity contribution in [3.8, 4) is 0 Å². The molecule has 0 heterocycles. The highest BCUT2D eigenvalue weighted by Gasteiger charge is 2.41. The van der Waals surface area contributed by atoms with E-state index in [0.29, 0.717) is 12.0 Å². The van der Waals surface area contributed by atoms with Gasteiger partial charge in [-0.2, -0.15) is 0 Å². The van der Waals surface area contributed by atoms with Gasteiger partial charge in [-0.25, -0.2) is 4.79 Å². The maximum atomic E-state index is 11.8. The molecular weight excluding hydrogens is 252 g/mol. The molecule has 0 spiro atoms. The van der Waals surface area contributed by atoms with Crippen molar-refractivity contribution in [3.63, 3.8) is 0 Å². The molecule has 0 aliphatic heterocycles. The molecule has 1 saturated carbocycles. The zero-order chi connectivity index (χ0) is 15.0. The van der Waals surface area contributed by atoms with Crippen molar-refractivity contribution in [3.05, 3.63) is 12.2 Å². The number of hydrogen-bond acceptors (Lipinski definition) is 3. The summed E-state index contributed by atoms with van der Waals surface area (Å²) in [4.78, 5) is 11.8. The van der Waals surface area contributed by atoms with Crippen LogP contribution in [0.5, 0.6) is 0 Å². The second-order valence-electron chi connectivity index (χ2n) is 7.74. The van der Waals surface area contributed by atoms with Crippen LogP contribution in [-0.4, -0.2) is 29.8 Å². The van der Waals surface area contributed by atoms with E-state index >= 15 is 0 Å². The second kappa shape index (κ2) is 5.40. The molecule has 3 unspecified atom stereocenters. The summed E-state index contributed by atoms with van der Waals surface area (Å²) in [6, 6.07) is 0.568. The third-order valence-electron chi connectivity index (χ3n) is 4.01. The first-order valence-electron chi connectivity index (χ1n) is 7.57. The fourth-order valence-electron chi connectivity index (χ4n) is 2.96. The maximum absolute atomic E-state index is 11.8. The highest BCUT2D eigenvalue weighted by atomic mass is 16.6.